The van der Waals surface area contributed by atoms with Crippen LogP contribution in [0.2, 0.25) is 0 Å². The molecule has 2 aromatic rings. The number of non-ortho nitro benzene ring substituents is 1. The van der Waals surface area contributed by atoms with E-state index in [0.717, 1.165) is 11.1 Å². The minimum Gasteiger partial charge on any atom is -0.387 e. The lowest BCUT2D eigenvalue weighted by molar-refractivity contribution is -0.383. The van der Waals surface area contributed by atoms with E-state index < -0.39 is 10.5 Å². The Labute approximate surface area is 126 Å². The van der Waals surface area contributed by atoms with Crippen molar-refractivity contribution in [1.82, 2.24) is 4.98 Å². The van der Waals surface area contributed by atoms with E-state index >= 15 is 0 Å². The second kappa shape index (κ2) is 6.28. The standard InChI is InChI=1S/C14H17N3O3S/c1-14(18,9-21-2)8-16-12-3-4-13(17(19)20)11-7-15-6-5-10(11)12/h3-7,16,18H,8-9H2,1-2H3. The molecule has 0 aliphatic heterocycles. The van der Waals surface area contributed by atoms with Crippen molar-refractivity contribution in [2.24, 2.45) is 0 Å². The molecule has 0 spiro atoms. The van der Waals surface area contributed by atoms with E-state index in [1.54, 1.807) is 37.0 Å². The summed E-state index contributed by atoms with van der Waals surface area (Å²) in [6.07, 6.45) is 5.01. The molecule has 1 aromatic carbocycles. The average Bonchev–Trinajstić information content (AvgIpc) is 2.44. The monoisotopic (exact) mass is 307 g/mol. The number of hydrogen-bond donors (Lipinski definition) is 2. The number of thioether (sulfide) groups is 1. The highest BCUT2D eigenvalue weighted by molar-refractivity contribution is 7.98. The van der Waals surface area contributed by atoms with Gasteiger partial charge in [-0.3, -0.25) is 15.1 Å². The van der Waals surface area contributed by atoms with E-state index in [-0.39, 0.29) is 5.69 Å². The Morgan fingerprint density at radius 3 is 2.86 bits per heavy atom. The molecule has 112 valence electrons. The molecule has 2 rings (SSSR count). The van der Waals surface area contributed by atoms with E-state index in [0.29, 0.717) is 17.7 Å². The molecule has 0 saturated carbocycles. The normalized spacial score (nSPS) is 13.9. The number of rotatable bonds is 6. The van der Waals surface area contributed by atoms with Crippen LogP contribution < -0.4 is 5.32 Å². The summed E-state index contributed by atoms with van der Waals surface area (Å²) in [6, 6.07) is 4.85. The van der Waals surface area contributed by atoms with Crippen LogP contribution in [0.4, 0.5) is 11.4 Å². The summed E-state index contributed by atoms with van der Waals surface area (Å²) >= 11 is 1.56. The highest BCUT2D eigenvalue weighted by Crippen LogP contribution is 2.31. The van der Waals surface area contributed by atoms with Gasteiger partial charge in [0.25, 0.3) is 5.69 Å². The van der Waals surface area contributed by atoms with Gasteiger partial charge in [-0.1, -0.05) is 0 Å². The van der Waals surface area contributed by atoms with Gasteiger partial charge in [0.2, 0.25) is 0 Å². The van der Waals surface area contributed by atoms with E-state index in [2.05, 4.69) is 10.3 Å². The van der Waals surface area contributed by atoms with Crippen LogP contribution in [-0.2, 0) is 0 Å². The van der Waals surface area contributed by atoms with Gasteiger partial charge in [-0.05, 0) is 25.3 Å². The minimum atomic E-state index is -0.847. The molecular weight excluding hydrogens is 290 g/mol. The lowest BCUT2D eigenvalue weighted by Gasteiger charge is -2.23. The SMILES string of the molecule is CSCC(C)(O)CNc1ccc([N+](=O)[O-])c2cnccc12. The average molecular weight is 307 g/mol. The molecule has 21 heavy (non-hydrogen) atoms. The van der Waals surface area contributed by atoms with Crippen LogP contribution in [0.3, 0.4) is 0 Å². The first kappa shape index (κ1) is 15.5. The lowest BCUT2D eigenvalue weighted by Crippen LogP contribution is -2.36. The fourth-order valence-electron chi connectivity index (χ4n) is 2.14. The summed E-state index contributed by atoms with van der Waals surface area (Å²) in [6.45, 7) is 2.12. The zero-order chi connectivity index (χ0) is 15.5. The topological polar surface area (TPSA) is 88.3 Å². The summed E-state index contributed by atoms with van der Waals surface area (Å²) in [5, 5.41) is 25.6. The number of aromatic nitrogens is 1. The lowest BCUT2D eigenvalue weighted by atomic mass is 10.1. The second-order valence-electron chi connectivity index (χ2n) is 5.09. The summed E-state index contributed by atoms with van der Waals surface area (Å²) in [7, 11) is 0. The third kappa shape index (κ3) is 3.62. The number of nitrogens with zero attached hydrogens (tertiary/aromatic N) is 2. The molecule has 7 heteroatoms. The number of nitrogens with one attached hydrogen (secondary N) is 1. The smallest absolute Gasteiger partial charge is 0.278 e. The van der Waals surface area contributed by atoms with Crippen LogP contribution in [0.5, 0.6) is 0 Å². The first-order valence-electron chi connectivity index (χ1n) is 6.41. The number of fused-ring (bicyclic) bond motifs is 1. The van der Waals surface area contributed by atoms with Crippen LogP contribution in [0.1, 0.15) is 6.92 Å². The van der Waals surface area contributed by atoms with Gasteiger partial charge < -0.3 is 10.4 Å². The largest absolute Gasteiger partial charge is 0.387 e. The molecule has 6 nitrogen and oxygen atoms in total. The van der Waals surface area contributed by atoms with Crippen molar-refractivity contribution in [1.29, 1.82) is 0 Å². The van der Waals surface area contributed by atoms with Crippen molar-refractivity contribution < 1.29 is 10.0 Å². The van der Waals surface area contributed by atoms with Gasteiger partial charge in [0, 0.05) is 41.8 Å². The fraction of sp³-hybridized carbons (Fsp3) is 0.357. The molecule has 1 heterocycles. The zero-order valence-electron chi connectivity index (χ0n) is 11.9. The number of nitro benzene ring substituents is 1. The predicted octanol–water partition coefficient (Wildman–Crippen LogP) is 2.67. The van der Waals surface area contributed by atoms with Gasteiger partial charge in [-0.25, -0.2) is 0 Å². The summed E-state index contributed by atoms with van der Waals surface area (Å²) < 4.78 is 0. The Morgan fingerprint density at radius 2 is 2.19 bits per heavy atom. The van der Waals surface area contributed by atoms with Crippen molar-refractivity contribution in [3.05, 3.63) is 40.7 Å². The van der Waals surface area contributed by atoms with Crippen LogP contribution in [0.25, 0.3) is 10.8 Å². The van der Waals surface area contributed by atoms with Crippen molar-refractivity contribution in [3.8, 4) is 0 Å². The molecule has 0 aliphatic carbocycles. The summed E-state index contributed by atoms with van der Waals surface area (Å²) in [4.78, 5) is 14.6. The molecular formula is C14H17N3O3S. The van der Waals surface area contributed by atoms with Crippen LogP contribution in [0.15, 0.2) is 30.6 Å². The maximum atomic E-state index is 11.0. The minimum absolute atomic E-state index is 0.0273. The Hall–Kier alpha value is -1.86. The predicted molar refractivity (Wildman–Crippen MR) is 85.9 cm³/mol. The van der Waals surface area contributed by atoms with Crippen molar-refractivity contribution >= 4 is 33.9 Å². The highest BCUT2D eigenvalue weighted by atomic mass is 32.2. The molecule has 0 fully saturated rings. The van der Waals surface area contributed by atoms with Crippen LogP contribution in [-0.4, -0.2) is 39.2 Å². The Balaban J connectivity index is 2.34. The Morgan fingerprint density at radius 1 is 1.43 bits per heavy atom. The van der Waals surface area contributed by atoms with Gasteiger partial charge in [0.05, 0.1) is 15.9 Å². The van der Waals surface area contributed by atoms with E-state index in [1.807, 2.05) is 6.26 Å². The fourth-order valence-corrected chi connectivity index (χ4v) is 2.86. The number of hydrogen-bond acceptors (Lipinski definition) is 6. The number of nitro groups is 1. The molecule has 1 aromatic heterocycles. The molecule has 0 saturated heterocycles. The number of aliphatic hydroxyl groups is 1. The van der Waals surface area contributed by atoms with Crippen molar-refractivity contribution in [3.63, 3.8) is 0 Å². The zero-order valence-corrected chi connectivity index (χ0v) is 12.7. The first-order chi connectivity index (χ1) is 9.94. The van der Waals surface area contributed by atoms with Crippen LogP contribution >= 0.6 is 11.8 Å². The molecule has 1 unspecified atom stereocenters. The Bertz CT molecular complexity index is 661. The summed E-state index contributed by atoms with van der Waals surface area (Å²) in [5.41, 5.74) is -0.0699. The van der Waals surface area contributed by atoms with E-state index in [9.17, 15) is 15.2 Å². The first-order valence-corrected chi connectivity index (χ1v) is 7.80. The second-order valence-corrected chi connectivity index (χ2v) is 5.96. The quantitative estimate of drug-likeness (QED) is 0.630. The number of anilines is 1. The van der Waals surface area contributed by atoms with E-state index in [1.165, 1.54) is 12.3 Å². The van der Waals surface area contributed by atoms with E-state index in [4.69, 9.17) is 0 Å². The molecule has 0 aliphatic rings. The third-order valence-corrected chi connectivity index (χ3v) is 4.02. The van der Waals surface area contributed by atoms with Gasteiger partial charge in [0.15, 0.2) is 0 Å². The van der Waals surface area contributed by atoms with Gasteiger partial charge in [-0.2, -0.15) is 11.8 Å². The number of benzene rings is 1. The maximum absolute atomic E-state index is 11.0. The van der Waals surface area contributed by atoms with Crippen LogP contribution in [0, 0.1) is 10.1 Å². The summed E-state index contributed by atoms with van der Waals surface area (Å²) in [5.74, 6) is 0.604. The van der Waals surface area contributed by atoms with Crippen molar-refractivity contribution in [2.75, 3.05) is 23.9 Å². The number of pyridine rings is 1. The molecule has 0 amide bonds. The van der Waals surface area contributed by atoms with Gasteiger partial charge >= 0.3 is 0 Å². The maximum Gasteiger partial charge on any atom is 0.278 e. The third-order valence-electron chi connectivity index (χ3n) is 3.11. The molecule has 1 atom stereocenters. The molecule has 2 N–H and O–H groups in total. The van der Waals surface area contributed by atoms with Gasteiger partial charge in [-0.15, -0.1) is 0 Å². The van der Waals surface area contributed by atoms with Gasteiger partial charge in [0.1, 0.15) is 0 Å². The molecule has 0 bridgehead atoms. The van der Waals surface area contributed by atoms with Crippen molar-refractivity contribution in [2.45, 2.75) is 12.5 Å². The molecule has 0 radical (unpaired) electrons. The highest BCUT2D eigenvalue weighted by Gasteiger charge is 2.20. The Kier molecular flexibility index (Phi) is 4.64.